The minimum Gasteiger partial charge on any atom is -0.378 e. The number of benzene rings is 1. The summed E-state index contributed by atoms with van der Waals surface area (Å²) in [5.74, 6) is 0.234. The van der Waals surface area contributed by atoms with Crippen LogP contribution in [-0.4, -0.2) is 46.9 Å². The zero-order valence-corrected chi connectivity index (χ0v) is 21.5. The second-order valence-corrected chi connectivity index (χ2v) is 12.0. The van der Waals surface area contributed by atoms with E-state index in [2.05, 4.69) is 98.6 Å². The van der Waals surface area contributed by atoms with E-state index < -0.39 is 0 Å². The summed E-state index contributed by atoms with van der Waals surface area (Å²) in [6, 6.07) is 13.2. The molecule has 0 spiro atoms. The molecule has 0 radical (unpaired) electrons. The van der Waals surface area contributed by atoms with Crippen molar-refractivity contribution in [2.75, 3.05) is 25.5 Å². The summed E-state index contributed by atoms with van der Waals surface area (Å²) in [4.78, 5) is 22.9. The number of anilines is 1. The van der Waals surface area contributed by atoms with Gasteiger partial charge in [0.1, 0.15) is 5.65 Å². The molecular formula is C29H38N4O. The number of imidazole rings is 1. The van der Waals surface area contributed by atoms with Gasteiger partial charge in [0.15, 0.2) is 0 Å². The van der Waals surface area contributed by atoms with Gasteiger partial charge in [0.25, 0.3) is 0 Å². The Morgan fingerprint density at radius 2 is 1.88 bits per heavy atom. The van der Waals surface area contributed by atoms with Crippen LogP contribution in [-0.2, 0) is 4.79 Å². The number of rotatable bonds is 5. The number of fused-ring (bicyclic) bond motifs is 3. The molecule has 2 fully saturated rings. The summed E-state index contributed by atoms with van der Waals surface area (Å²) in [6.07, 6.45) is 7.94. The van der Waals surface area contributed by atoms with Crippen molar-refractivity contribution in [1.29, 1.82) is 0 Å². The third kappa shape index (κ3) is 4.10. The van der Waals surface area contributed by atoms with Gasteiger partial charge in [0.2, 0.25) is 5.91 Å². The normalized spacial score (nSPS) is 24.4. The zero-order chi connectivity index (χ0) is 24.3. The summed E-state index contributed by atoms with van der Waals surface area (Å²) in [6.45, 7) is 10.1. The maximum absolute atomic E-state index is 13.9. The van der Waals surface area contributed by atoms with E-state index in [0.717, 1.165) is 47.5 Å². The van der Waals surface area contributed by atoms with Gasteiger partial charge in [-0.25, -0.2) is 4.98 Å². The average Bonchev–Trinajstić information content (AvgIpc) is 3.30. The van der Waals surface area contributed by atoms with Crippen LogP contribution in [0.2, 0.25) is 0 Å². The van der Waals surface area contributed by atoms with Gasteiger partial charge >= 0.3 is 0 Å². The molecule has 5 nitrogen and oxygen atoms in total. The van der Waals surface area contributed by atoms with E-state index in [4.69, 9.17) is 4.98 Å². The fraction of sp³-hybridized carbons (Fsp3) is 0.517. The Labute approximate surface area is 203 Å². The second-order valence-electron chi connectivity index (χ2n) is 12.0. The first-order chi connectivity index (χ1) is 16.1. The third-order valence-electron chi connectivity index (χ3n) is 8.04. The van der Waals surface area contributed by atoms with Crippen LogP contribution in [0.25, 0.3) is 5.65 Å². The molecule has 180 valence electrons. The maximum Gasteiger partial charge on any atom is 0.223 e. The highest BCUT2D eigenvalue weighted by molar-refractivity contribution is 5.79. The molecule has 3 atom stereocenters. The van der Waals surface area contributed by atoms with Gasteiger partial charge in [0, 0.05) is 57.1 Å². The van der Waals surface area contributed by atoms with Gasteiger partial charge in [-0.3, -0.25) is 4.79 Å². The number of hydrogen-bond donors (Lipinski definition) is 0. The number of carbonyl (C=O) groups excluding carboxylic acids is 1. The van der Waals surface area contributed by atoms with Crippen molar-refractivity contribution in [1.82, 2.24) is 14.3 Å². The Bertz CT molecular complexity index is 1210. The van der Waals surface area contributed by atoms with Crippen LogP contribution in [0.15, 0.2) is 48.8 Å². The fourth-order valence-corrected chi connectivity index (χ4v) is 6.87. The van der Waals surface area contributed by atoms with E-state index in [1.54, 1.807) is 0 Å². The molecule has 5 heteroatoms. The Hall–Kier alpha value is -2.82. The molecular weight excluding hydrogens is 420 g/mol. The standard InChI is InChI=1S/C29H38N4O/c1-20-8-7-13-32-25(17-30-27(20)32)24(21-9-11-22(12-10-21)31(5)6)14-26(34)33-19-29(4)16-23(33)15-28(2,3)18-29/h7-13,17,23-24H,14-16,18-19H2,1-6H3. The number of amides is 1. The van der Waals surface area contributed by atoms with Gasteiger partial charge in [-0.15, -0.1) is 0 Å². The van der Waals surface area contributed by atoms with Crippen LogP contribution in [0.4, 0.5) is 5.69 Å². The quantitative estimate of drug-likeness (QED) is 0.495. The first-order valence-electron chi connectivity index (χ1n) is 12.5. The van der Waals surface area contributed by atoms with E-state index in [1.165, 1.54) is 6.42 Å². The van der Waals surface area contributed by atoms with Gasteiger partial charge in [-0.05, 0) is 66.3 Å². The lowest BCUT2D eigenvalue weighted by molar-refractivity contribution is -0.132. The molecule has 2 bridgehead atoms. The Balaban J connectivity index is 1.50. The van der Waals surface area contributed by atoms with Crippen LogP contribution in [0, 0.1) is 17.8 Å². The predicted molar refractivity (Wildman–Crippen MR) is 138 cm³/mol. The topological polar surface area (TPSA) is 40.9 Å². The van der Waals surface area contributed by atoms with Crippen LogP contribution in [0.3, 0.4) is 0 Å². The first kappa shape index (κ1) is 22.9. The summed E-state index contributed by atoms with van der Waals surface area (Å²) in [5, 5.41) is 0. The molecule has 34 heavy (non-hydrogen) atoms. The molecule has 3 unspecified atom stereocenters. The van der Waals surface area contributed by atoms with Gasteiger partial charge in [-0.2, -0.15) is 0 Å². The Morgan fingerprint density at radius 3 is 2.59 bits per heavy atom. The lowest BCUT2D eigenvalue weighted by Crippen LogP contribution is -2.38. The van der Waals surface area contributed by atoms with Crippen molar-refractivity contribution in [3.63, 3.8) is 0 Å². The highest BCUT2D eigenvalue weighted by atomic mass is 16.2. The number of pyridine rings is 1. The number of carbonyl (C=O) groups is 1. The highest BCUT2D eigenvalue weighted by Crippen LogP contribution is 2.52. The Kier molecular flexibility index (Phi) is 5.50. The number of nitrogens with zero attached hydrogens (tertiary/aromatic N) is 4. The predicted octanol–water partition coefficient (Wildman–Crippen LogP) is 5.66. The van der Waals surface area contributed by atoms with Crippen molar-refractivity contribution in [2.24, 2.45) is 10.8 Å². The molecule has 1 saturated carbocycles. The van der Waals surface area contributed by atoms with Gasteiger partial charge in [-0.1, -0.05) is 39.0 Å². The van der Waals surface area contributed by atoms with E-state index in [0.29, 0.717) is 17.9 Å². The smallest absolute Gasteiger partial charge is 0.223 e. The molecule has 5 rings (SSSR count). The number of aromatic nitrogens is 2. The maximum atomic E-state index is 13.9. The minimum absolute atomic E-state index is 0.0400. The fourth-order valence-electron chi connectivity index (χ4n) is 6.87. The highest BCUT2D eigenvalue weighted by Gasteiger charge is 2.51. The van der Waals surface area contributed by atoms with Crippen LogP contribution < -0.4 is 4.90 Å². The molecule has 1 aliphatic carbocycles. The largest absolute Gasteiger partial charge is 0.378 e. The molecule has 1 aromatic carbocycles. The SMILES string of the molecule is Cc1cccn2c(C(CC(=O)N3CC4(C)CC3CC(C)(C)C4)c3ccc(N(C)C)cc3)cnc12. The van der Waals surface area contributed by atoms with Crippen LogP contribution in [0.1, 0.15) is 69.2 Å². The Morgan fingerprint density at radius 1 is 1.15 bits per heavy atom. The van der Waals surface area contributed by atoms with Crippen molar-refractivity contribution in [3.8, 4) is 0 Å². The molecule has 1 saturated heterocycles. The summed E-state index contributed by atoms with van der Waals surface area (Å²) in [5.41, 5.74) is 6.05. The van der Waals surface area contributed by atoms with E-state index in [9.17, 15) is 4.79 Å². The van der Waals surface area contributed by atoms with E-state index in [-0.39, 0.29) is 17.2 Å². The number of hydrogen-bond acceptors (Lipinski definition) is 3. The van der Waals surface area contributed by atoms with Crippen LogP contribution in [0.5, 0.6) is 0 Å². The van der Waals surface area contributed by atoms with Crippen molar-refractivity contribution in [2.45, 2.75) is 65.3 Å². The molecule has 3 heterocycles. The molecule has 2 aliphatic rings. The lowest BCUT2D eigenvalue weighted by Gasteiger charge is -2.39. The molecule has 1 amide bonds. The monoisotopic (exact) mass is 458 g/mol. The molecule has 0 N–H and O–H groups in total. The average molecular weight is 459 g/mol. The zero-order valence-electron chi connectivity index (χ0n) is 21.5. The van der Waals surface area contributed by atoms with Gasteiger partial charge in [0.05, 0.1) is 5.69 Å². The summed E-state index contributed by atoms with van der Waals surface area (Å²) >= 11 is 0. The molecule has 2 aromatic heterocycles. The minimum atomic E-state index is -0.0400. The number of aryl methyl sites for hydroxylation is 1. The summed E-state index contributed by atoms with van der Waals surface area (Å²) < 4.78 is 2.17. The van der Waals surface area contributed by atoms with Crippen molar-refractivity contribution >= 4 is 17.2 Å². The molecule has 3 aromatic rings. The van der Waals surface area contributed by atoms with Gasteiger partial charge < -0.3 is 14.2 Å². The van der Waals surface area contributed by atoms with E-state index >= 15 is 0 Å². The lowest BCUT2D eigenvalue weighted by atomic mass is 9.65. The first-order valence-corrected chi connectivity index (χ1v) is 12.5. The number of likely N-dealkylation sites (tertiary alicyclic amines) is 1. The van der Waals surface area contributed by atoms with E-state index in [1.807, 2.05) is 6.20 Å². The third-order valence-corrected chi connectivity index (χ3v) is 8.04. The second kappa shape index (κ2) is 8.14. The molecule has 1 aliphatic heterocycles. The van der Waals surface area contributed by atoms with Crippen LogP contribution >= 0.6 is 0 Å². The summed E-state index contributed by atoms with van der Waals surface area (Å²) in [7, 11) is 4.10. The van der Waals surface area contributed by atoms with Crippen molar-refractivity contribution in [3.05, 3.63) is 65.6 Å². The van der Waals surface area contributed by atoms with Crippen molar-refractivity contribution < 1.29 is 4.79 Å².